The van der Waals surface area contributed by atoms with Crippen LogP contribution in [0.4, 0.5) is 0 Å². The van der Waals surface area contributed by atoms with Crippen LogP contribution in [-0.2, 0) is 0 Å². The van der Waals surface area contributed by atoms with Crippen LogP contribution in [0.3, 0.4) is 0 Å². The number of hydrogen-bond donors (Lipinski definition) is 0. The van der Waals surface area contributed by atoms with Crippen LogP contribution in [0.25, 0.3) is 0 Å². The fourth-order valence-corrected chi connectivity index (χ4v) is 1.87. The smallest absolute Gasteiger partial charge is 0.0477 e. The van der Waals surface area contributed by atoms with E-state index in [0.29, 0.717) is 5.92 Å². The van der Waals surface area contributed by atoms with Crippen molar-refractivity contribution in [3.05, 3.63) is 28.8 Å². The molecule has 0 radical (unpaired) electrons. The fraction of sp³-hybridized carbons (Fsp3) is 0.455. The number of hydrogen-bond acceptors (Lipinski definition) is 0. The Morgan fingerprint density at radius 1 is 1.46 bits per heavy atom. The highest BCUT2D eigenvalue weighted by Crippen LogP contribution is 2.21. The molecule has 0 nitrogen and oxygen atoms in total. The molecule has 2 unspecified atom stereocenters. The van der Waals surface area contributed by atoms with E-state index in [1.165, 1.54) is 18.4 Å². The molecule has 0 saturated carbocycles. The van der Waals surface area contributed by atoms with Crippen LogP contribution in [-0.4, -0.2) is 0 Å². The van der Waals surface area contributed by atoms with Gasteiger partial charge in [-0.1, -0.05) is 44.0 Å². The summed E-state index contributed by atoms with van der Waals surface area (Å²) in [6.07, 6.45) is 2.47. The molecular weight excluding hydrogens is 199 g/mol. The molecule has 0 aliphatic heterocycles. The van der Waals surface area contributed by atoms with E-state index in [9.17, 15) is 0 Å². The molecule has 0 aliphatic carbocycles. The Labute approximate surface area is 87.9 Å². The van der Waals surface area contributed by atoms with Gasteiger partial charge in [-0.3, -0.25) is 0 Å². The van der Waals surface area contributed by atoms with Crippen molar-refractivity contribution >= 4 is 26.1 Å². The number of benzene rings is 1. The van der Waals surface area contributed by atoms with Gasteiger partial charge in [-0.15, -0.1) is 9.24 Å². The Morgan fingerprint density at radius 2 is 2.15 bits per heavy atom. The van der Waals surface area contributed by atoms with Crippen molar-refractivity contribution in [2.24, 2.45) is 0 Å². The Morgan fingerprint density at radius 3 is 2.69 bits per heavy atom. The summed E-state index contributed by atoms with van der Waals surface area (Å²) in [6, 6.07) is 6.26. The summed E-state index contributed by atoms with van der Waals surface area (Å²) in [5.41, 5.74) is 1.39. The first kappa shape index (κ1) is 11.0. The highest BCUT2D eigenvalue weighted by atomic mass is 35.5. The minimum absolute atomic E-state index is 0.640. The Bertz CT molecular complexity index is 283. The van der Waals surface area contributed by atoms with Crippen molar-refractivity contribution in [3.8, 4) is 0 Å². The van der Waals surface area contributed by atoms with Gasteiger partial charge in [-0.2, -0.15) is 0 Å². The van der Waals surface area contributed by atoms with Gasteiger partial charge in [0.2, 0.25) is 0 Å². The third-order valence-corrected chi connectivity index (χ3v) is 3.32. The van der Waals surface area contributed by atoms with Crippen LogP contribution >= 0.6 is 20.8 Å². The van der Waals surface area contributed by atoms with Crippen LogP contribution in [0.5, 0.6) is 0 Å². The van der Waals surface area contributed by atoms with E-state index in [-0.39, 0.29) is 0 Å². The van der Waals surface area contributed by atoms with Crippen LogP contribution in [0, 0.1) is 0 Å². The molecule has 0 spiro atoms. The van der Waals surface area contributed by atoms with Gasteiger partial charge in [0, 0.05) is 5.02 Å². The zero-order chi connectivity index (χ0) is 9.84. The second-order valence-electron chi connectivity index (χ2n) is 3.47. The molecular formula is C11H16ClP. The average Bonchev–Trinajstić information content (AvgIpc) is 2.10. The van der Waals surface area contributed by atoms with E-state index < -0.39 is 0 Å². The summed E-state index contributed by atoms with van der Waals surface area (Å²) < 4.78 is 0. The van der Waals surface area contributed by atoms with Crippen molar-refractivity contribution in [2.45, 2.75) is 32.6 Å². The predicted molar refractivity (Wildman–Crippen MR) is 64.1 cm³/mol. The van der Waals surface area contributed by atoms with Crippen LogP contribution < -0.4 is 5.30 Å². The molecule has 1 rings (SSSR count). The predicted octanol–water partition coefficient (Wildman–Crippen LogP) is 3.74. The molecule has 0 heterocycles. The molecule has 2 heteroatoms. The van der Waals surface area contributed by atoms with Crippen molar-refractivity contribution in [3.63, 3.8) is 0 Å². The van der Waals surface area contributed by atoms with E-state index in [4.69, 9.17) is 11.6 Å². The quantitative estimate of drug-likeness (QED) is 0.673. The van der Waals surface area contributed by atoms with Gasteiger partial charge in [0.25, 0.3) is 0 Å². The van der Waals surface area contributed by atoms with Crippen LogP contribution in [0.15, 0.2) is 18.2 Å². The van der Waals surface area contributed by atoms with Crippen molar-refractivity contribution in [1.82, 2.24) is 0 Å². The summed E-state index contributed by atoms with van der Waals surface area (Å²) in [5.74, 6) is 0.640. The van der Waals surface area contributed by atoms with E-state index in [0.717, 1.165) is 10.3 Å². The van der Waals surface area contributed by atoms with Crippen LogP contribution in [0.2, 0.25) is 5.02 Å². The largest absolute Gasteiger partial charge is 0.104 e. The van der Waals surface area contributed by atoms with E-state index in [2.05, 4.69) is 35.2 Å². The molecule has 72 valence electrons. The van der Waals surface area contributed by atoms with Gasteiger partial charge in [-0.25, -0.2) is 0 Å². The lowest BCUT2D eigenvalue weighted by Crippen LogP contribution is -1.99. The minimum atomic E-state index is 0.640. The third kappa shape index (κ3) is 2.97. The zero-order valence-corrected chi connectivity index (χ0v) is 10.1. The highest BCUT2D eigenvalue weighted by molar-refractivity contribution is 7.28. The summed E-state index contributed by atoms with van der Waals surface area (Å²) in [6.45, 7) is 4.48. The monoisotopic (exact) mass is 214 g/mol. The lowest BCUT2D eigenvalue weighted by atomic mass is 9.97. The number of rotatable bonds is 3. The summed E-state index contributed by atoms with van der Waals surface area (Å²) in [5, 5.41) is 1.93. The second kappa shape index (κ2) is 4.98. The Balaban J connectivity index is 2.84. The lowest BCUT2D eigenvalue weighted by Gasteiger charge is -2.11. The molecule has 13 heavy (non-hydrogen) atoms. The molecule has 0 aliphatic rings. The van der Waals surface area contributed by atoms with Gasteiger partial charge < -0.3 is 0 Å². The van der Waals surface area contributed by atoms with Gasteiger partial charge in [0.15, 0.2) is 0 Å². The van der Waals surface area contributed by atoms with Crippen molar-refractivity contribution in [2.75, 3.05) is 0 Å². The Hall–Kier alpha value is -0.0600. The molecule has 0 amide bonds. The molecule has 0 fully saturated rings. The van der Waals surface area contributed by atoms with Crippen molar-refractivity contribution < 1.29 is 0 Å². The molecule has 2 atom stereocenters. The van der Waals surface area contributed by atoms with Crippen LogP contribution in [0.1, 0.15) is 38.2 Å². The first-order valence-corrected chi connectivity index (χ1v) is 5.65. The first-order chi connectivity index (χ1) is 6.15. The molecule has 0 saturated heterocycles. The summed E-state index contributed by atoms with van der Waals surface area (Å²) in [4.78, 5) is 0. The standard InChI is InChI=1S/C11H16ClP/c1-3-4-8(2)9-5-6-10(12)11(13)7-9/h5-8H,3-4,13H2,1-2H3. The Kier molecular flexibility index (Phi) is 4.22. The maximum atomic E-state index is 5.94. The average molecular weight is 215 g/mol. The minimum Gasteiger partial charge on any atom is -0.104 e. The maximum absolute atomic E-state index is 5.94. The lowest BCUT2D eigenvalue weighted by molar-refractivity contribution is 0.665. The van der Waals surface area contributed by atoms with E-state index in [1.807, 2.05) is 6.07 Å². The second-order valence-corrected chi connectivity index (χ2v) is 4.50. The summed E-state index contributed by atoms with van der Waals surface area (Å²) >= 11 is 5.94. The summed E-state index contributed by atoms with van der Waals surface area (Å²) in [7, 11) is 2.67. The van der Waals surface area contributed by atoms with Gasteiger partial charge in [0.1, 0.15) is 0 Å². The zero-order valence-electron chi connectivity index (χ0n) is 8.18. The maximum Gasteiger partial charge on any atom is 0.0477 e. The SMILES string of the molecule is CCCC(C)c1ccc(Cl)c(P)c1. The molecule has 0 bridgehead atoms. The normalized spacial score (nSPS) is 12.9. The topological polar surface area (TPSA) is 0 Å². The fourth-order valence-electron chi connectivity index (χ4n) is 1.47. The van der Waals surface area contributed by atoms with Crippen molar-refractivity contribution in [1.29, 1.82) is 0 Å². The third-order valence-electron chi connectivity index (χ3n) is 2.31. The first-order valence-electron chi connectivity index (χ1n) is 4.70. The van der Waals surface area contributed by atoms with Gasteiger partial charge in [-0.05, 0) is 29.3 Å². The van der Waals surface area contributed by atoms with E-state index in [1.54, 1.807) is 0 Å². The highest BCUT2D eigenvalue weighted by Gasteiger charge is 2.05. The molecule has 1 aromatic rings. The molecule has 0 N–H and O–H groups in total. The van der Waals surface area contributed by atoms with Gasteiger partial charge >= 0.3 is 0 Å². The molecule has 1 aromatic carbocycles. The van der Waals surface area contributed by atoms with E-state index >= 15 is 0 Å². The number of halogens is 1. The molecule has 0 aromatic heterocycles. The van der Waals surface area contributed by atoms with Gasteiger partial charge in [0.05, 0.1) is 0 Å².